The van der Waals surface area contributed by atoms with Crippen molar-refractivity contribution in [2.45, 2.75) is 58.0 Å². The number of ether oxygens (including phenoxy) is 1. The largest absolute Gasteiger partial charge is 0.573 e. The summed E-state index contributed by atoms with van der Waals surface area (Å²) in [5.74, 6) is 0.978. The van der Waals surface area contributed by atoms with Gasteiger partial charge in [-0.05, 0) is 57.2 Å². The number of nitrogens with two attached hydrogens (primary N) is 1. The third-order valence-corrected chi connectivity index (χ3v) is 7.79. The number of hydrogen-bond acceptors (Lipinski definition) is 6. The molecule has 0 spiro atoms. The summed E-state index contributed by atoms with van der Waals surface area (Å²) in [5.41, 5.74) is 7.83. The molecule has 7 nitrogen and oxygen atoms in total. The van der Waals surface area contributed by atoms with Gasteiger partial charge in [-0.2, -0.15) is 5.10 Å². The maximum absolute atomic E-state index is 12.7. The van der Waals surface area contributed by atoms with Gasteiger partial charge in [0.15, 0.2) is 11.6 Å². The highest BCUT2D eigenvalue weighted by molar-refractivity contribution is 5.64. The molecule has 0 amide bonds. The number of hydrogen-bond donors (Lipinski definition) is 1. The summed E-state index contributed by atoms with van der Waals surface area (Å²) in [6.07, 6.45) is -0.947. The van der Waals surface area contributed by atoms with Crippen molar-refractivity contribution >= 4 is 5.82 Å². The predicted molar refractivity (Wildman–Crippen MR) is 123 cm³/mol. The van der Waals surface area contributed by atoms with Crippen LogP contribution in [0.4, 0.5) is 19.0 Å². The van der Waals surface area contributed by atoms with Crippen LogP contribution in [0.1, 0.15) is 51.3 Å². The van der Waals surface area contributed by atoms with Crippen LogP contribution < -0.4 is 10.5 Å². The summed E-state index contributed by atoms with van der Waals surface area (Å²) < 4.78 is 44.3. The molecule has 186 valence electrons. The summed E-state index contributed by atoms with van der Waals surface area (Å²) in [5, 5.41) is 4.75. The fourth-order valence-corrected chi connectivity index (χ4v) is 6.01. The van der Waals surface area contributed by atoms with Crippen LogP contribution in [0.5, 0.6) is 5.75 Å². The molecule has 1 aliphatic heterocycles. The fourth-order valence-electron chi connectivity index (χ4n) is 6.01. The average molecular weight is 479 g/mol. The molecule has 10 heteroatoms. The van der Waals surface area contributed by atoms with Crippen molar-refractivity contribution < 1.29 is 17.9 Å². The molecular formula is C24H33F3N6O. The molecule has 1 saturated heterocycles. The van der Waals surface area contributed by atoms with Gasteiger partial charge in [0.2, 0.25) is 0 Å². The number of pyridine rings is 1. The molecular weight excluding hydrogens is 445 g/mol. The number of halogens is 3. The lowest BCUT2D eigenvalue weighted by Gasteiger charge is -2.38. The van der Waals surface area contributed by atoms with E-state index < -0.39 is 12.1 Å². The first-order valence-electron chi connectivity index (χ1n) is 12.2. The smallest absolute Gasteiger partial charge is 0.402 e. The zero-order chi connectivity index (χ0) is 24.2. The van der Waals surface area contributed by atoms with Crippen molar-refractivity contribution in [2.24, 2.45) is 11.8 Å². The maximum atomic E-state index is 12.7. The number of alkyl halides is 3. The van der Waals surface area contributed by atoms with E-state index in [1.807, 2.05) is 10.7 Å². The van der Waals surface area contributed by atoms with Gasteiger partial charge in [0.05, 0.1) is 5.69 Å². The van der Waals surface area contributed by atoms with Gasteiger partial charge < -0.3 is 15.4 Å². The van der Waals surface area contributed by atoms with E-state index in [-0.39, 0.29) is 11.9 Å². The van der Waals surface area contributed by atoms with Crippen molar-refractivity contribution in [3.05, 3.63) is 24.0 Å². The van der Waals surface area contributed by atoms with E-state index in [0.29, 0.717) is 35.1 Å². The molecule has 2 aromatic heterocycles. The van der Waals surface area contributed by atoms with Crippen LogP contribution in [0.3, 0.4) is 0 Å². The average Bonchev–Trinajstić information content (AvgIpc) is 3.14. The molecule has 3 aliphatic rings. The molecule has 3 heterocycles. The number of nitrogens with zero attached hydrogens (tertiary/aromatic N) is 5. The number of piperazine rings is 1. The summed E-state index contributed by atoms with van der Waals surface area (Å²) in [7, 11) is 0. The lowest BCUT2D eigenvalue weighted by atomic mass is 10.0. The second-order valence-corrected chi connectivity index (χ2v) is 10.1. The number of rotatable bonds is 6. The molecule has 3 fully saturated rings. The molecule has 2 saturated carbocycles. The topological polar surface area (TPSA) is 72.4 Å². The van der Waals surface area contributed by atoms with E-state index in [9.17, 15) is 13.2 Å². The zero-order valence-corrected chi connectivity index (χ0v) is 19.9. The van der Waals surface area contributed by atoms with Gasteiger partial charge in [-0.15, -0.1) is 13.2 Å². The van der Waals surface area contributed by atoms with Crippen molar-refractivity contribution in [1.82, 2.24) is 24.6 Å². The number of nitrogen functional groups attached to an aromatic ring is 1. The Hall–Kier alpha value is -2.33. The Morgan fingerprint density at radius 1 is 1.12 bits per heavy atom. The molecule has 2 N–H and O–H groups in total. The Balaban J connectivity index is 1.32. The Morgan fingerprint density at radius 3 is 2.38 bits per heavy atom. The minimum Gasteiger partial charge on any atom is -0.402 e. The molecule has 34 heavy (non-hydrogen) atoms. The van der Waals surface area contributed by atoms with Gasteiger partial charge in [-0.1, -0.05) is 6.92 Å². The fraction of sp³-hybridized carbons (Fsp3) is 0.667. The normalized spacial score (nSPS) is 27.9. The van der Waals surface area contributed by atoms with Gasteiger partial charge in [0.1, 0.15) is 0 Å². The van der Waals surface area contributed by atoms with Crippen LogP contribution >= 0.6 is 0 Å². The van der Waals surface area contributed by atoms with E-state index in [1.54, 1.807) is 0 Å². The minimum absolute atomic E-state index is 0.149. The molecule has 2 aliphatic carbocycles. The molecule has 0 radical (unpaired) electrons. The highest BCUT2D eigenvalue weighted by atomic mass is 19.4. The molecule has 0 bridgehead atoms. The van der Waals surface area contributed by atoms with E-state index in [1.165, 1.54) is 30.8 Å². The monoisotopic (exact) mass is 478 g/mol. The molecule has 4 atom stereocenters. The van der Waals surface area contributed by atoms with Gasteiger partial charge in [0, 0.05) is 61.6 Å². The maximum Gasteiger partial charge on any atom is 0.573 e. The minimum atomic E-state index is -4.83. The Bertz CT molecular complexity index is 1020. The first-order chi connectivity index (χ1) is 16.1. The van der Waals surface area contributed by atoms with Crippen LogP contribution in [0, 0.1) is 11.8 Å². The van der Waals surface area contributed by atoms with Crippen LogP contribution in [0.15, 0.2) is 18.3 Å². The van der Waals surface area contributed by atoms with Crippen LogP contribution in [0.2, 0.25) is 0 Å². The quantitative estimate of drug-likeness (QED) is 0.673. The molecule has 5 rings (SSSR count). The summed E-state index contributed by atoms with van der Waals surface area (Å²) in [4.78, 5) is 9.09. The number of fused-ring (bicyclic) bond motifs is 1. The van der Waals surface area contributed by atoms with Crippen LogP contribution in [-0.2, 0) is 0 Å². The molecule has 2 aromatic rings. The second kappa shape index (κ2) is 8.71. The highest BCUT2D eigenvalue weighted by Gasteiger charge is 2.58. The van der Waals surface area contributed by atoms with Gasteiger partial charge >= 0.3 is 6.36 Å². The lowest BCUT2D eigenvalue weighted by molar-refractivity contribution is -0.274. The second-order valence-electron chi connectivity index (χ2n) is 10.1. The molecule has 0 aromatic carbocycles. The Morgan fingerprint density at radius 2 is 1.79 bits per heavy atom. The van der Waals surface area contributed by atoms with Gasteiger partial charge in [0.25, 0.3) is 0 Å². The van der Waals surface area contributed by atoms with Crippen LogP contribution in [-0.4, -0.2) is 69.7 Å². The predicted octanol–water partition coefficient (Wildman–Crippen LogP) is 4.14. The van der Waals surface area contributed by atoms with Crippen molar-refractivity contribution in [1.29, 1.82) is 0 Å². The standard InChI is InChI=1S/C24H33F3N6O/c1-4-31-5-7-32(8-6-31)16-10-17-18(11-16)22(17)20-12-19(30-33(20)14(2)3)15-9-21(23(28)29-13-15)34-24(25,26)27/h9,12-14,16-18,22H,4-8,10-11H2,1-3H3,(H2,28,29)/t16-,17+,18-,22-. The first-order valence-corrected chi connectivity index (χ1v) is 12.2. The Kier molecular flexibility index (Phi) is 6.00. The van der Waals surface area contributed by atoms with E-state index in [2.05, 4.69) is 40.3 Å². The summed E-state index contributed by atoms with van der Waals surface area (Å²) in [6.45, 7) is 12.1. The van der Waals surface area contributed by atoms with Crippen molar-refractivity contribution in [3.8, 4) is 17.0 Å². The number of anilines is 1. The Labute approximate surface area is 198 Å². The SMILES string of the molecule is CCN1CCN([C@H]2C[C@@H]3[C@H](C2)[C@H]3c2cc(-c3cnc(N)c(OC(F)(F)F)c3)nn2C(C)C)CC1. The third kappa shape index (κ3) is 4.49. The van der Waals surface area contributed by atoms with Gasteiger partial charge in [-0.3, -0.25) is 9.58 Å². The lowest BCUT2D eigenvalue weighted by Crippen LogP contribution is -2.49. The summed E-state index contributed by atoms with van der Waals surface area (Å²) in [6, 6.07) is 4.11. The number of aromatic nitrogens is 3. The third-order valence-electron chi connectivity index (χ3n) is 7.79. The van der Waals surface area contributed by atoms with Crippen molar-refractivity contribution in [2.75, 3.05) is 38.5 Å². The first kappa shape index (κ1) is 23.4. The van der Waals surface area contributed by atoms with E-state index in [4.69, 9.17) is 10.8 Å². The number of likely N-dealkylation sites (N-methyl/N-ethyl adjacent to an activating group) is 1. The van der Waals surface area contributed by atoms with Gasteiger partial charge in [-0.25, -0.2) is 4.98 Å². The molecule has 0 unspecified atom stereocenters. The highest BCUT2D eigenvalue weighted by Crippen LogP contribution is 2.64. The summed E-state index contributed by atoms with van der Waals surface area (Å²) >= 11 is 0. The van der Waals surface area contributed by atoms with Crippen LogP contribution in [0.25, 0.3) is 11.3 Å². The zero-order valence-electron chi connectivity index (χ0n) is 19.9. The van der Waals surface area contributed by atoms with E-state index in [0.717, 1.165) is 32.7 Å². The van der Waals surface area contributed by atoms with E-state index >= 15 is 0 Å². The van der Waals surface area contributed by atoms with Crippen molar-refractivity contribution in [3.63, 3.8) is 0 Å².